The summed E-state index contributed by atoms with van der Waals surface area (Å²) < 4.78 is 0. The molecule has 1 fully saturated rings. The maximum Gasteiger partial charge on any atom is 0.0621 e. The first kappa shape index (κ1) is 11.4. The molecule has 0 N–H and O–H groups in total. The van der Waals surface area contributed by atoms with Crippen molar-refractivity contribution >= 4 is 27.5 Å². The molecule has 1 aliphatic carbocycles. The second kappa shape index (κ2) is 4.42. The zero-order valence-corrected chi connectivity index (χ0v) is 11.2. The van der Waals surface area contributed by atoms with Crippen LogP contribution >= 0.6 is 27.5 Å². The summed E-state index contributed by atoms with van der Waals surface area (Å²) in [7, 11) is 0. The fourth-order valence-electron chi connectivity index (χ4n) is 2.06. The Labute approximate surface area is 104 Å². The minimum Gasteiger partial charge on any atom is -0.263 e. The predicted octanol–water partition coefficient (Wildman–Crippen LogP) is 4.09. The highest BCUT2D eigenvalue weighted by molar-refractivity contribution is 9.09. The van der Waals surface area contributed by atoms with E-state index in [0.717, 1.165) is 22.7 Å². The Morgan fingerprint density at radius 1 is 1.60 bits per heavy atom. The van der Waals surface area contributed by atoms with Crippen LogP contribution in [-0.4, -0.2) is 10.3 Å². The standard InChI is InChI=1S/C12H15BrClN/c1-12(8-13,10-2-3-10)6-9-4-5-15-7-11(9)14/h4-5,7,10H,2-3,6,8H2,1H3. The summed E-state index contributed by atoms with van der Waals surface area (Å²) in [6.45, 7) is 2.34. The molecule has 0 amide bonds. The van der Waals surface area contributed by atoms with E-state index in [1.165, 1.54) is 18.4 Å². The lowest BCUT2D eigenvalue weighted by molar-refractivity contribution is 0.319. The molecule has 82 valence electrons. The largest absolute Gasteiger partial charge is 0.263 e. The quantitative estimate of drug-likeness (QED) is 0.761. The highest BCUT2D eigenvalue weighted by Crippen LogP contribution is 2.48. The molecule has 0 aromatic carbocycles. The first-order valence-electron chi connectivity index (χ1n) is 5.30. The zero-order valence-electron chi connectivity index (χ0n) is 8.84. The summed E-state index contributed by atoms with van der Waals surface area (Å²) in [5.74, 6) is 0.862. The van der Waals surface area contributed by atoms with Crippen LogP contribution in [0.5, 0.6) is 0 Å². The van der Waals surface area contributed by atoms with E-state index in [1.807, 2.05) is 12.3 Å². The summed E-state index contributed by atoms with van der Waals surface area (Å²) in [5, 5.41) is 1.84. The Hall–Kier alpha value is -0.0800. The molecular formula is C12H15BrClN. The number of rotatable bonds is 4. The van der Waals surface area contributed by atoms with Crippen molar-refractivity contribution in [3.05, 3.63) is 29.0 Å². The zero-order chi connectivity index (χ0) is 10.9. The van der Waals surface area contributed by atoms with Crippen molar-refractivity contribution in [3.8, 4) is 0 Å². The molecule has 1 atom stereocenters. The second-order valence-electron chi connectivity index (χ2n) is 4.71. The second-order valence-corrected chi connectivity index (χ2v) is 5.67. The predicted molar refractivity (Wildman–Crippen MR) is 67.6 cm³/mol. The van der Waals surface area contributed by atoms with Crippen LogP contribution in [0.15, 0.2) is 18.5 Å². The molecule has 1 aromatic heterocycles. The van der Waals surface area contributed by atoms with Crippen LogP contribution in [-0.2, 0) is 6.42 Å². The Kier molecular flexibility index (Phi) is 3.36. The van der Waals surface area contributed by atoms with Gasteiger partial charge in [-0.25, -0.2) is 0 Å². The van der Waals surface area contributed by atoms with Crippen molar-refractivity contribution in [1.82, 2.24) is 4.98 Å². The molecule has 2 rings (SSSR count). The van der Waals surface area contributed by atoms with Gasteiger partial charge in [-0.15, -0.1) is 0 Å². The third kappa shape index (κ3) is 2.54. The summed E-state index contributed by atoms with van der Waals surface area (Å²) in [5.41, 5.74) is 1.57. The van der Waals surface area contributed by atoms with Gasteiger partial charge >= 0.3 is 0 Å². The lowest BCUT2D eigenvalue weighted by Gasteiger charge is -2.27. The van der Waals surface area contributed by atoms with Gasteiger partial charge in [0.1, 0.15) is 0 Å². The molecule has 0 bridgehead atoms. The van der Waals surface area contributed by atoms with Crippen molar-refractivity contribution in [1.29, 1.82) is 0 Å². The molecule has 1 nitrogen and oxygen atoms in total. The molecule has 0 aliphatic heterocycles. The van der Waals surface area contributed by atoms with Gasteiger partial charge in [-0.1, -0.05) is 34.5 Å². The number of alkyl halides is 1. The minimum absolute atomic E-state index is 0.352. The summed E-state index contributed by atoms with van der Waals surface area (Å²) >= 11 is 9.77. The van der Waals surface area contributed by atoms with Crippen molar-refractivity contribution in [2.45, 2.75) is 26.2 Å². The van der Waals surface area contributed by atoms with E-state index in [0.29, 0.717) is 5.41 Å². The molecule has 0 radical (unpaired) electrons. The normalized spacial score (nSPS) is 19.9. The van der Waals surface area contributed by atoms with E-state index in [9.17, 15) is 0 Å². The Morgan fingerprint density at radius 3 is 2.87 bits per heavy atom. The molecule has 3 heteroatoms. The minimum atomic E-state index is 0.352. The van der Waals surface area contributed by atoms with Crippen molar-refractivity contribution in [2.75, 3.05) is 5.33 Å². The van der Waals surface area contributed by atoms with E-state index >= 15 is 0 Å². The smallest absolute Gasteiger partial charge is 0.0621 e. The van der Waals surface area contributed by atoms with Gasteiger partial charge < -0.3 is 0 Å². The van der Waals surface area contributed by atoms with E-state index in [2.05, 4.69) is 27.8 Å². The van der Waals surface area contributed by atoms with Gasteiger partial charge in [0.15, 0.2) is 0 Å². The van der Waals surface area contributed by atoms with Crippen LogP contribution in [0.2, 0.25) is 5.02 Å². The highest BCUT2D eigenvalue weighted by atomic mass is 79.9. The van der Waals surface area contributed by atoms with Gasteiger partial charge in [-0.05, 0) is 42.2 Å². The van der Waals surface area contributed by atoms with E-state index < -0.39 is 0 Å². The van der Waals surface area contributed by atoms with Crippen LogP contribution in [0.1, 0.15) is 25.3 Å². The Morgan fingerprint density at radius 2 is 2.33 bits per heavy atom. The van der Waals surface area contributed by atoms with Crippen LogP contribution in [0.25, 0.3) is 0 Å². The molecular weight excluding hydrogens is 273 g/mol. The van der Waals surface area contributed by atoms with Gasteiger partial charge in [-0.3, -0.25) is 4.98 Å². The number of hydrogen-bond donors (Lipinski definition) is 0. The van der Waals surface area contributed by atoms with Gasteiger partial charge in [0.2, 0.25) is 0 Å². The molecule has 1 heterocycles. The average molecular weight is 289 g/mol. The van der Waals surface area contributed by atoms with Gasteiger partial charge in [0.05, 0.1) is 5.02 Å². The monoisotopic (exact) mass is 287 g/mol. The summed E-state index contributed by atoms with van der Waals surface area (Å²) in [6, 6.07) is 2.03. The first-order chi connectivity index (χ1) is 7.15. The molecule has 0 saturated heterocycles. The fraction of sp³-hybridized carbons (Fsp3) is 0.583. The maximum atomic E-state index is 6.13. The number of halogens is 2. The lowest BCUT2D eigenvalue weighted by atomic mass is 9.81. The Bertz CT molecular complexity index is 351. The highest BCUT2D eigenvalue weighted by Gasteiger charge is 2.40. The van der Waals surface area contributed by atoms with E-state index in [4.69, 9.17) is 11.6 Å². The average Bonchev–Trinajstić information content (AvgIpc) is 3.05. The van der Waals surface area contributed by atoms with Crippen molar-refractivity contribution < 1.29 is 0 Å². The number of nitrogens with zero attached hydrogens (tertiary/aromatic N) is 1. The van der Waals surface area contributed by atoms with Gasteiger partial charge in [0.25, 0.3) is 0 Å². The molecule has 15 heavy (non-hydrogen) atoms. The summed E-state index contributed by atoms with van der Waals surface area (Å²) in [4.78, 5) is 4.02. The lowest BCUT2D eigenvalue weighted by Crippen LogP contribution is -2.24. The molecule has 1 aromatic rings. The number of hydrogen-bond acceptors (Lipinski definition) is 1. The van der Waals surface area contributed by atoms with Crippen LogP contribution < -0.4 is 0 Å². The topological polar surface area (TPSA) is 12.9 Å². The molecule has 0 spiro atoms. The molecule has 1 saturated carbocycles. The van der Waals surface area contributed by atoms with Gasteiger partial charge in [-0.2, -0.15) is 0 Å². The number of aromatic nitrogens is 1. The SMILES string of the molecule is CC(CBr)(Cc1ccncc1Cl)C1CC1. The van der Waals surface area contributed by atoms with Crippen LogP contribution in [0, 0.1) is 11.3 Å². The maximum absolute atomic E-state index is 6.13. The molecule has 1 unspecified atom stereocenters. The fourth-order valence-corrected chi connectivity index (χ4v) is 2.91. The van der Waals surface area contributed by atoms with Gasteiger partial charge in [0, 0.05) is 17.7 Å². The van der Waals surface area contributed by atoms with Crippen LogP contribution in [0.3, 0.4) is 0 Å². The third-order valence-electron chi connectivity index (χ3n) is 3.32. The summed E-state index contributed by atoms with van der Waals surface area (Å²) in [6.07, 6.45) is 7.33. The third-order valence-corrected chi connectivity index (χ3v) is 4.94. The number of pyridine rings is 1. The van der Waals surface area contributed by atoms with E-state index in [-0.39, 0.29) is 0 Å². The van der Waals surface area contributed by atoms with Crippen molar-refractivity contribution in [2.24, 2.45) is 11.3 Å². The van der Waals surface area contributed by atoms with E-state index in [1.54, 1.807) is 6.20 Å². The molecule has 1 aliphatic rings. The Balaban J connectivity index is 2.16. The van der Waals surface area contributed by atoms with Crippen LogP contribution in [0.4, 0.5) is 0 Å². The van der Waals surface area contributed by atoms with Crippen molar-refractivity contribution in [3.63, 3.8) is 0 Å². The first-order valence-corrected chi connectivity index (χ1v) is 6.80.